The largest absolute Gasteiger partial charge is 0.283 e. The molecule has 1 fully saturated rings. The molecule has 0 aliphatic carbocycles. The van der Waals surface area contributed by atoms with Gasteiger partial charge in [-0.2, -0.15) is 0 Å². The van der Waals surface area contributed by atoms with Gasteiger partial charge in [-0.1, -0.05) is 81.5 Å². The van der Waals surface area contributed by atoms with Crippen molar-refractivity contribution in [3.05, 3.63) is 40.8 Å². The fraction of sp³-hybridized carbons (Fsp3) is 0.636. The zero-order chi connectivity index (χ0) is 17.3. The number of likely N-dealkylation sites (tertiary alicyclic amines) is 1. The smallest absolute Gasteiger partial charge is 0.111 e. The molecule has 2 aliphatic heterocycles. The fourth-order valence-corrected chi connectivity index (χ4v) is 6.35. The molecule has 2 heterocycles. The van der Waals surface area contributed by atoms with Crippen LogP contribution >= 0.6 is 23.5 Å². The van der Waals surface area contributed by atoms with Crippen LogP contribution in [0.4, 0.5) is 0 Å². The van der Waals surface area contributed by atoms with Gasteiger partial charge in [-0.25, -0.2) is 0 Å². The number of aryl methyl sites for hydroxylation is 1. The molecule has 3 rings (SSSR count). The van der Waals surface area contributed by atoms with E-state index in [0.717, 1.165) is 0 Å². The quantitative estimate of drug-likeness (QED) is 0.422. The Balaban J connectivity index is 1.41. The van der Waals surface area contributed by atoms with E-state index in [0.29, 0.717) is 4.71 Å². The number of thioether (sulfide) groups is 2. The van der Waals surface area contributed by atoms with Gasteiger partial charge in [0.2, 0.25) is 0 Å². The Bertz CT molecular complexity index is 531. The molecule has 0 N–H and O–H groups in total. The van der Waals surface area contributed by atoms with Crippen molar-refractivity contribution in [2.75, 3.05) is 13.1 Å². The lowest BCUT2D eigenvalue weighted by molar-refractivity contribution is 0.253. The van der Waals surface area contributed by atoms with Gasteiger partial charge >= 0.3 is 0 Å². The standard InChI is InChI=1S/C22H33NS2/c1-2-3-4-5-6-8-11-19-12-14-20(15-13-19)21-18-24-22(25-21)23-16-9-7-10-17-23/h12-15,18,22H,2-11,16-17H2,1H3. The van der Waals surface area contributed by atoms with E-state index in [1.807, 2.05) is 11.8 Å². The molecular formula is C22H33NS2. The number of nitrogens with zero attached hydrogens (tertiary/aromatic N) is 1. The Hall–Kier alpha value is -0.380. The summed E-state index contributed by atoms with van der Waals surface area (Å²) in [6, 6.07) is 9.37. The minimum atomic E-state index is 0.609. The molecule has 1 aromatic rings. The summed E-state index contributed by atoms with van der Waals surface area (Å²) in [7, 11) is 0. The van der Waals surface area contributed by atoms with Crippen LogP contribution in [0.3, 0.4) is 0 Å². The highest BCUT2D eigenvalue weighted by molar-refractivity contribution is 8.26. The van der Waals surface area contributed by atoms with E-state index in [-0.39, 0.29) is 0 Å². The molecule has 3 heteroatoms. The van der Waals surface area contributed by atoms with Crippen molar-refractivity contribution in [1.29, 1.82) is 0 Å². The highest BCUT2D eigenvalue weighted by Gasteiger charge is 2.26. The van der Waals surface area contributed by atoms with E-state index < -0.39 is 0 Å². The monoisotopic (exact) mass is 375 g/mol. The van der Waals surface area contributed by atoms with E-state index in [2.05, 4.69) is 53.3 Å². The second kappa shape index (κ2) is 10.7. The molecule has 1 unspecified atom stereocenters. The topological polar surface area (TPSA) is 3.24 Å². The van der Waals surface area contributed by atoms with Gasteiger partial charge < -0.3 is 0 Å². The van der Waals surface area contributed by atoms with E-state index in [1.165, 1.54) is 93.3 Å². The lowest BCUT2D eigenvalue weighted by Gasteiger charge is -2.30. The summed E-state index contributed by atoms with van der Waals surface area (Å²) in [5, 5.41) is 2.38. The Kier molecular flexibility index (Phi) is 8.29. The molecule has 1 atom stereocenters. The Morgan fingerprint density at radius 2 is 1.64 bits per heavy atom. The van der Waals surface area contributed by atoms with Gasteiger partial charge in [0.05, 0.1) is 0 Å². The molecule has 1 nitrogen and oxygen atoms in total. The molecule has 0 radical (unpaired) electrons. The van der Waals surface area contributed by atoms with Crippen molar-refractivity contribution in [1.82, 2.24) is 4.90 Å². The zero-order valence-electron chi connectivity index (χ0n) is 15.7. The van der Waals surface area contributed by atoms with Crippen molar-refractivity contribution in [2.24, 2.45) is 0 Å². The fourth-order valence-electron chi connectivity index (χ4n) is 3.66. The third-order valence-corrected chi connectivity index (χ3v) is 8.05. The number of hydrogen-bond acceptors (Lipinski definition) is 3. The average molecular weight is 376 g/mol. The van der Waals surface area contributed by atoms with Gasteiger partial charge in [-0.05, 0) is 55.3 Å². The summed E-state index contributed by atoms with van der Waals surface area (Å²) < 4.78 is 0.609. The Labute approximate surface area is 163 Å². The molecule has 0 bridgehead atoms. The normalized spacial score (nSPS) is 21.5. The van der Waals surface area contributed by atoms with Gasteiger partial charge in [0, 0.05) is 4.91 Å². The lowest BCUT2D eigenvalue weighted by atomic mass is 10.0. The van der Waals surface area contributed by atoms with Gasteiger partial charge in [0.15, 0.2) is 0 Å². The van der Waals surface area contributed by atoms with Crippen molar-refractivity contribution >= 4 is 28.4 Å². The second-order valence-electron chi connectivity index (χ2n) is 7.35. The molecule has 0 spiro atoms. The first-order valence-electron chi connectivity index (χ1n) is 10.2. The molecule has 0 saturated carbocycles. The van der Waals surface area contributed by atoms with E-state index in [4.69, 9.17) is 0 Å². The first-order valence-corrected chi connectivity index (χ1v) is 12.0. The van der Waals surface area contributed by atoms with Crippen LogP contribution in [0.25, 0.3) is 4.91 Å². The van der Waals surface area contributed by atoms with Crippen molar-refractivity contribution in [3.8, 4) is 0 Å². The average Bonchev–Trinajstić information content (AvgIpc) is 3.16. The first-order chi connectivity index (χ1) is 12.4. The van der Waals surface area contributed by atoms with Crippen LogP contribution in [0, 0.1) is 0 Å². The highest BCUT2D eigenvalue weighted by atomic mass is 32.2. The SMILES string of the molecule is CCCCCCCCc1ccc(C2=CSC(N3CCCCC3)S2)cc1. The maximum atomic E-state index is 2.66. The number of piperidine rings is 1. The molecule has 2 aliphatic rings. The molecule has 1 saturated heterocycles. The molecule has 0 amide bonds. The maximum Gasteiger partial charge on any atom is 0.111 e. The van der Waals surface area contributed by atoms with Crippen molar-refractivity contribution in [2.45, 2.75) is 75.8 Å². The van der Waals surface area contributed by atoms with Crippen molar-refractivity contribution < 1.29 is 0 Å². The Morgan fingerprint density at radius 1 is 0.920 bits per heavy atom. The molecular weight excluding hydrogens is 342 g/mol. The summed E-state index contributed by atoms with van der Waals surface area (Å²) in [5.41, 5.74) is 2.91. The van der Waals surface area contributed by atoms with Crippen LogP contribution in [0.2, 0.25) is 0 Å². The van der Waals surface area contributed by atoms with Gasteiger partial charge in [0.25, 0.3) is 0 Å². The Morgan fingerprint density at radius 3 is 2.40 bits per heavy atom. The lowest BCUT2D eigenvalue weighted by Crippen LogP contribution is -2.34. The number of unbranched alkanes of at least 4 members (excludes halogenated alkanes) is 5. The number of hydrogen-bond donors (Lipinski definition) is 0. The predicted molar refractivity (Wildman–Crippen MR) is 116 cm³/mol. The minimum absolute atomic E-state index is 0.609. The van der Waals surface area contributed by atoms with Crippen LogP contribution in [0.15, 0.2) is 29.7 Å². The second-order valence-corrected chi connectivity index (χ2v) is 9.73. The van der Waals surface area contributed by atoms with Crippen molar-refractivity contribution in [3.63, 3.8) is 0 Å². The molecule has 138 valence electrons. The molecule has 0 aromatic heterocycles. The van der Waals surface area contributed by atoms with E-state index >= 15 is 0 Å². The summed E-state index contributed by atoms with van der Waals surface area (Å²) in [5.74, 6) is 0. The van der Waals surface area contributed by atoms with Crippen LogP contribution < -0.4 is 0 Å². The predicted octanol–water partition coefficient (Wildman–Crippen LogP) is 7.14. The summed E-state index contributed by atoms with van der Waals surface area (Å²) in [6.45, 7) is 4.85. The van der Waals surface area contributed by atoms with E-state index in [1.54, 1.807) is 0 Å². The van der Waals surface area contributed by atoms with Crippen LogP contribution in [-0.4, -0.2) is 22.7 Å². The van der Waals surface area contributed by atoms with Gasteiger partial charge in [-0.15, -0.1) is 11.8 Å². The van der Waals surface area contributed by atoms with E-state index in [9.17, 15) is 0 Å². The highest BCUT2D eigenvalue weighted by Crippen LogP contribution is 2.47. The minimum Gasteiger partial charge on any atom is -0.283 e. The third kappa shape index (κ3) is 6.08. The summed E-state index contributed by atoms with van der Waals surface area (Å²) >= 11 is 4.06. The molecule has 1 aromatic carbocycles. The van der Waals surface area contributed by atoms with Crippen LogP contribution in [0.1, 0.15) is 75.8 Å². The maximum absolute atomic E-state index is 2.66. The molecule has 25 heavy (non-hydrogen) atoms. The number of benzene rings is 1. The van der Waals surface area contributed by atoms with Crippen LogP contribution in [0.5, 0.6) is 0 Å². The zero-order valence-corrected chi connectivity index (χ0v) is 17.3. The third-order valence-electron chi connectivity index (χ3n) is 5.27. The van der Waals surface area contributed by atoms with Crippen LogP contribution in [-0.2, 0) is 6.42 Å². The van der Waals surface area contributed by atoms with Gasteiger partial charge in [-0.3, -0.25) is 4.90 Å². The first kappa shape index (κ1) is 19.4. The van der Waals surface area contributed by atoms with Gasteiger partial charge in [0.1, 0.15) is 4.71 Å². The summed E-state index contributed by atoms with van der Waals surface area (Å²) in [4.78, 5) is 4.13. The summed E-state index contributed by atoms with van der Waals surface area (Å²) in [6.07, 6.45) is 13.7. The number of rotatable bonds is 9.